The molecule has 0 spiro atoms. The molecule has 0 unspecified atom stereocenters. The highest BCUT2D eigenvalue weighted by atomic mass is 16.2. The number of benzene rings is 2. The number of carbonyl (C=O) groups is 2. The molecule has 1 aliphatic heterocycles. The van der Waals surface area contributed by atoms with Gasteiger partial charge in [-0.15, -0.1) is 0 Å². The molecular weight excluding hydrogens is 376 g/mol. The lowest BCUT2D eigenvalue weighted by molar-refractivity contribution is -0.125. The van der Waals surface area contributed by atoms with E-state index < -0.39 is 6.03 Å². The molecule has 4 rings (SSSR count). The predicted octanol–water partition coefficient (Wildman–Crippen LogP) is 3.78. The lowest BCUT2D eigenvalue weighted by Crippen LogP contribution is -2.44. The van der Waals surface area contributed by atoms with Gasteiger partial charge in [-0.3, -0.25) is 10.1 Å². The molecular formula is C24H28N4O2. The van der Waals surface area contributed by atoms with Crippen LogP contribution in [0.15, 0.2) is 60.8 Å². The first-order valence-electron chi connectivity index (χ1n) is 10.5. The van der Waals surface area contributed by atoms with Gasteiger partial charge in [0.15, 0.2) is 0 Å². The number of carbonyl (C=O) groups excluding carboxylic acids is 2. The van der Waals surface area contributed by atoms with Crippen molar-refractivity contribution >= 4 is 28.5 Å². The van der Waals surface area contributed by atoms with E-state index in [1.807, 2.05) is 18.2 Å². The summed E-state index contributed by atoms with van der Waals surface area (Å²) in [7, 11) is 2.09. The fourth-order valence-electron chi connectivity index (χ4n) is 4.22. The van der Waals surface area contributed by atoms with Crippen molar-refractivity contribution in [3.05, 3.63) is 66.4 Å². The van der Waals surface area contributed by atoms with Crippen molar-refractivity contribution in [3.63, 3.8) is 0 Å². The van der Waals surface area contributed by atoms with E-state index in [0.29, 0.717) is 5.69 Å². The largest absolute Gasteiger partial charge is 0.350 e. The van der Waals surface area contributed by atoms with Crippen LogP contribution in [0.3, 0.4) is 0 Å². The topological polar surface area (TPSA) is 66.4 Å². The molecule has 2 heterocycles. The quantitative estimate of drug-likeness (QED) is 0.680. The van der Waals surface area contributed by atoms with E-state index in [2.05, 4.69) is 57.6 Å². The van der Waals surface area contributed by atoms with Gasteiger partial charge >= 0.3 is 6.03 Å². The van der Waals surface area contributed by atoms with E-state index >= 15 is 0 Å². The predicted molar refractivity (Wildman–Crippen MR) is 119 cm³/mol. The average molecular weight is 405 g/mol. The lowest BCUT2D eigenvalue weighted by Gasteiger charge is -2.31. The number of nitrogens with zero attached hydrogens (tertiary/aromatic N) is 2. The van der Waals surface area contributed by atoms with Crippen LogP contribution in [0.5, 0.6) is 0 Å². The Morgan fingerprint density at radius 2 is 1.70 bits per heavy atom. The average Bonchev–Trinajstić information content (AvgIpc) is 3.09. The van der Waals surface area contributed by atoms with Crippen LogP contribution < -0.4 is 10.6 Å². The molecule has 1 fully saturated rings. The number of para-hydroxylation sites is 2. The van der Waals surface area contributed by atoms with Crippen LogP contribution in [0.25, 0.3) is 10.9 Å². The molecule has 0 bridgehead atoms. The molecule has 0 saturated carbocycles. The first kappa shape index (κ1) is 20.2. The van der Waals surface area contributed by atoms with Crippen LogP contribution >= 0.6 is 0 Å². The monoisotopic (exact) mass is 404 g/mol. The third kappa shape index (κ3) is 4.71. The number of nitrogens with one attached hydrogen (secondary N) is 2. The summed E-state index contributed by atoms with van der Waals surface area (Å²) in [5.41, 5.74) is 3.30. The number of hydrogen-bond donors (Lipinski definition) is 2. The van der Waals surface area contributed by atoms with Crippen LogP contribution in [0, 0.1) is 5.92 Å². The van der Waals surface area contributed by atoms with Crippen molar-refractivity contribution in [3.8, 4) is 0 Å². The van der Waals surface area contributed by atoms with Crippen LogP contribution in [0.2, 0.25) is 0 Å². The summed E-state index contributed by atoms with van der Waals surface area (Å²) in [4.78, 5) is 26.9. The number of rotatable bonds is 5. The Kier molecular flexibility index (Phi) is 6.14. The molecule has 6 nitrogen and oxygen atoms in total. The van der Waals surface area contributed by atoms with Gasteiger partial charge in [-0.25, -0.2) is 4.79 Å². The minimum Gasteiger partial charge on any atom is -0.350 e. The van der Waals surface area contributed by atoms with Gasteiger partial charge in [0.1, 0.15) is 0 Å². The molecule has 1 aromatic heterocycles. The minimum absolute atomic E-state index is 0.111. The zero-order chi connectivity index (χ0) is 20.9. The fourth-order valence-corrected chi connectivity index (χ4v) is 4.22. The third-order valence-electron chi connectivity index (χ3n) is 5.90. The molecule has 30 heavy (non-hydrogen) atoms. The smallest absolute Gasteiger partial charge is 0.325 e. The Bertz CT molecular complexity index is 1020. The summed E-state index contributed by atoms with van der Waals surface area (Å²) in [6.45, 7) is 2.74. The first-order valence-corrected chi connectivity index (χ1v) is 10.5. The number of likely N-dealkylation sites (tertiary alicyclic amines) is 1. The molecule has 3 amide bonds. The molecule has 1 aliphatic rings. The summed E-state index contributed by atoms with van der Waals surface area (Å²) in [6, 6.07) is 17.2. The Hall–Kier alpha value is -3.12. The third-order valence-corrected chi connectivity index (χ3v) is 5.90. The highest BCUT2D eigenvalue weighted by Gasteiger charge is 2.26. The summed E-state index contributed by atoms with van der Waals surface area (Å²) in [5.74, 6) is -0.294. The first-order chi connectivity index (χ1) is 14.6. The highest BCUT2D eigenvalue weighted by Crippen LogP contribution is 2.22. The van der Waals surface area contributed by atoms with Crippen molar-refractivity contribution in [2.45, 2.75) is 19.3 Å². The number of imide groups is 1. The van der Waals surface area contributed by atoms with Crippen molar-refractivity contribution < 1.29 is 9.59 Å². The number of aromatic nitrogens is 1. The second kappa shape index (κ2) is 9.13. The van der Waals surface area contributed by atoms with E-state index in [9.17, 15) is 9.59 Å². The number of amides is 3. The second-order valence-electron chi connectivity index (χ2n) is 7.96. The summed E-state index contributed by atoms with van der Waals surface area (Å²) >= 11 is 0. The normalized spacial score (nSPS) is 15.2. The lowest BCUT2D eigenvalue weighted by atomic mass is 9.95. The molecule has 0 radical (unpaired) electrons. The van der Waals surface area contributed by atoms with Crippen LogP contribution in [-0.2, 0) is 18.3 Å². The van der Waals surface area contributed by atoms with Crippen molar-refractivity contribution in [1.29, 1.82) is 0 Å². The number of aryl methyl sites for hydroxylation is 1. The van der Waals surface area contributed by atoms with Crippen molar-refractivity contribution in [2.24, 2.45) is 13.0 Å². The number of piperidine rings is 1. The van der Waals surface area contributed by atoms with Gasteiger partial charge in [0.05, 0.1) is 0 Å². The number of hydrogen-bond acceptors (Lipinski definition) is 3. The van der Waals surface area contributed by atoms with E-state index in [-0.39, 0.29) is 11.8 Å². The van der Waals surface area contributed by atoms with Gasteiger partial charge in [0, 0.05) is 42.3 Å². The summed E-state index contributed by atoms with van der Waals surface area (Å²) < 4.78 is 2.18. The van der Waals surface area contributed by atoms with E-state index in [1.165, 1.54) is 16.5 Å². The number of fused-ring (bicyclic) bond motifs is 1. The molecule has 2 aromatic carbocycles. The SMILES string of the molecule is Cn1cc(CCN2CCC(C(=O)NC(=O)Nc3ccccc3)CC2)c2ccccc21. The van der Waals surface area contributed by atoms with Crippen molar-refractivity contribution in [2.75, 3.05) is 25.0 Å². The zero-order valence-electron chi connectivity index (χ0n) is 17.3. The Morgan fingerprint density at radius 3 is 2.47 bits per heavy atom. The Balaban J connectivity index is 1.23. The molecule has 6 heteroatoms. The fraction of sp³-hybridized carbons (Fsp3) is 0.333. The highest BCUT2D eigenvalue weighted by molar-refractivity contribution is 6.01. The molecule has 2 N–H and O–H groups in total. The van der Waals surface area contributed by atoms with Crippen LogP contribution in [-0.4, -0.2) is 41.0 Å². The number of urea groups is 1. The Labute approximate surface area is 176 Å². The van der Waals surface area contributed by atoms with E-state index in [4.69, 9.17) is 0 Å². The summed E-state index contributed by atoms with van der Waals surface area (Å²) in [6.07, 6.45) is 4.77. The van der Waals surface area contributed by atoms with Crippen LogP contribution in [0.4, 0.5) is 10.5 Å². The van der Waals surface area contributed by atoms with E-state index in [1.54, 1.807) is 12.1 Å². The van der Waals surface area contributed by atoms with Crippen LogP contribution in [0.1, 0.15) is 18.4 Å². The molecule has 0 aliphatic carbocycles. The molecule has 1 saturated heterocycles. The van der Waals surface area contributed by atoms with E-state index in [0.717, 1.165) is 38.9 Å². The molecule has 156 valence electrons. The van der Waals surface area contributed by atoms with Gasteiger partial charge in [-0.1, -0.05) is 36.4 Å². The molecule has 3 aromatic rings. The standard InChI is InChI=1S/C24H28N4O2/c1-27-17-19(21-9-5-6-10-22(21)27)13-16-28-14-11-18(12-15-28)23(29)26-24(30)25-20-7-3-2-4-8-20/h2-10,17-18H,11-16H2,1H3,(H2,25,26,29,30). The summed E-state index contributed by atoms with van der Waals surface area (Å²) in [5, 5.41) is 6.49. The molecule has 0 atom stereocenters. The van der Waals surface area contributed by atoms with Gasteiger partial charge in [0.2, 0.25) is 5.91 Å². The Morgan fingerprint density at radius 1 is 1.00 bits per heavy atom. The second-order valence-corrected chi connectivity index (χ2v) is 7.96. The maximum absolute atomic E-state index is 12.4. The zero-order valence-corrected chi connectivity index (χ0v) is 17.3. The maximum atomic E-state index is 12.4. The number of anilines is 1. The van der Waals surface area contributed by atoms with Gasteiger partial charge in [-0.2, -0.15) is 0 Å². The minimum atomic E-state index is -0.468. The van der Waals surface area contributed by atoms with Gasteiger partial charge < -0.3 is 14.8 Å². The maximum Gasteiger partial charge on any atom is 0.325 e. The van der Waals surface area contributed by atoms with Gasteiger partial charge in [-0.05, 0) is 56.1 Å². The van der Waals surface area contributed by atoms with Crippen molar-refractivity contribution in [1.82, 2.24) is 14.8 Å². The van der Waals surface area contributed by atoms with Gasteiger partial charge in [0.25, 0.3) is 0 Å².